The molecule has 2 aromatic rings. The van der Waals surface area contributed by atoms with E-state index in [1.807, 2.05) is 6.92 Å². The Morgan fingerprint density at radius 2 is 2.11 bits per heavy atom. The Morgan fingerprint density at radius 3 is 2.81 bits per heavy atom. The summed E-state index contributed by atoms with van der Waals surface area (Å²) in [6.07, 6.45) is 1.29. The summed E-state index contributed by atoms with van der Waals surface area (Å²) in [5, 5.41) is 6.20. The average Bonchev–Trinajstić information content (AvgIpc) is 2.62. The van der Waals surface area contributed by atoms with E-state index in [0.717, 1.165) is 6.42 Å². The van der Waals surface area contributed by atoms with E-state index in [4.69, 9.17) is 11.6 Å². The van der Waals surface area contributed by atoms with E-state index >= 15 is 0 Å². The van der Waals surface area contributed by atoms with Crippen molar-refractivity contribution in [2.75, 3.05) is 13.6 Å². The molecule has 0 aliphatic carbocycles. The second kappa shape index (κ2) is 7.87. The maximum atomic E-state index is 12.9. The summed E-state index contributed by atoms with van der Waals surface area (Å²) in [6.45, 7) is 2.57. The second-order valence-electron chi connectivity index (χ2n) is 6.36. The summed E-state index contributed by atoms with van der Waals surface area (Å²) in [5.41, 5.74) is 0.526. The molecule has 2 heterocycles. The number of fused-ring (bicyclic) bond motifs is 1. The third-order valence-corrected chi connectivity index (χ3v) is 4.53. The Hall–Kier alpha value is -2.74. The van der Waals surface area contributed by atoms with Gasteiger partial charge in [-0.1, -0.05) is 18.5 Å². The van der Waals surface area contributed by atoms with Crippen LogP contribution in [0, 0.1) is 0 Å². The van der Waals surface area contributed by atoms with E-state index < -0.39 is 0 Å². The molecule has 9 heteroatoms. The van der Waals surface area contributed by atoms with Gasteiger partial charge in [-0.2, -0.15) is 5.10 Å². The number of nitrogens with zero attached hydrogens (tertiary/aromatic N) is 4. The number of hydrazone groups is 1. The van der Waals surface area contributed by atoms with Gasteiger partial charge in [0.1, 0.15) is 11.5 Å². The minimum absolute atomic E-state index is 0.119. The first-order valence-electron chi connectivity index (χ1n) is 8.70. The molecule has 0 unspecified atom stereocenters. The summed E-state index contributed by atoms with van der Waals surface area (Å²) in [7, 11) is 1.53. The van der Waals surface area contributed by atoms with Crippen molar-refractivity contribution in [3.63, 3.8) is 0 Å². The molecular weight excluding hydrogens is 370 g/mol. The van der Waals surface area contributed by atoms with Crippen LogP contribution in [0.3, 0.4) is 0 Å². The molecule has 0 radical (unpaired) electrons. The Balaban J connectivity index is 1.89. The van der Waals surface area contributed by atoms with Crippen LogP contribution < -0.4 is 5.56 Å². The number of amides is 2. The molecule has 0 bridgehead atoms. The zero-order valence-electron chi connectivity index (χ0n) is 15.2. The zero-order chi connectivity index (χ0) is 19.6. The lowest BCUT2D eigenvalue weighted by Crippen LogP contribution is -2.41. The fourth-order valence-corrected chi connectivity index (χ4v) is 3.11. The van der Waals surface area contributed by atoms with Gasteiger partial charge in [0.2, 0.25) is 5.91 Å². The number of halogens is 1. The third-order valence-electron chi connectivity index (χ3n) is 4.29. The van der Waals surface area contributed by atoms with Crippen LogP contribution in [0.15, 0.2) is 28.1 Å². The molecule has 1 aliphatic heterocycles. The molecule has 0 fully saturated rings. The van der Waals surface area contributed by atoms with E-state index in [1.54, 1.807) is 23.1 Å². The summed E-state index contributed by atoms with van der Waals surface area (Å²) in [5.74, 6) is -0.00607. The first-order valence-corrected chi connectivity index (χ1v) is 9.08. The van der Waals surface area contributed by atoms with Crippen LogP contribution >= 0.6 is 11.6 Å². The lowest BCUT2D eigenvalue weighted by atomic mass is 10.1. The SMILES string of the molecule is CCCN(Cc1nc2cc(Cl)ccc2c(=O)[nH]1)C(=O)C1=NN(C)C(=O)CC1. The maximum Gasteiger partial charge on any atom is 0.270 e. The van der Waals surface area contributed by atoms with Gasteiger partial charge >= 0.3 is 0 Å². The molecule has 142 valence electrons. The molecule has 0 atom stereocenters. The van der Waals surface area contributed by atoms with Gasteiger partial charge in [0.15, 0.2) is 0 Å². The molecule has 1 aromatic carbocycles. The van der Waals surface area contributed by atoms with E-state index in [0.29, 0.717) is 40.4 Å². The highest BCUT2D eigenvalue weighted by Gasteiger charge is 2.26. The minimum atomic E-state index is -0.282. The molecule has 0 spiro atoms. The van der Waals surface area contributed by atoms with Gasteiger partial charge < -0.3 is 9.88 Å². The quantitative estimate of drug-likeness (QED) is 0.844. The van der Waals surface area contributed by atoms with Crippen LogP contribution in [-0.2, 0) is 16.1 Å². The van der Waals surface area contributed by atoms with Crippen molar-refractivity contribution in [1.29, 1.82) is 0 Å². The lowest BCUT2D eigenvalue weighted by molar-refractivity contribution is -0.130. The highest BCUT2D eigenvalue weighted by Crippen LogP contribution is 2.16. The van der Waals surface area contributed by atoms with Crippen LogP contribution in [0.4, 0.5) is 0 Å². The molecule has 2 amide bonds. The van der Waals surface area contributed by atoms with E-state index in [1.165, 1.54) is 12.1 Å². The van der Waals surface area contributed by atoms with Crippen LogP contribution in [0.2, 0.25) is 5.02 Å². The van der Waals surface area contributed by atoms with Gasteiger partial charge in [0.05, 0.1) is 17.4 Å². The predicted molar refractivity (Wildman–Crippen MR) is 103 cm³/mol. The smallest absolute Gasteiger partial charge is 0.270 e. The molecule has 0 saturated carbocycles. The molecule has 27 heavy (non-hydrogen) atoms. The van der Waals surface area contributed by atoms with Gasteiger partial charge in [-0.3, -0.25) is 14.4 Å². The van der Waals surface area contributed by atoms with Crippen molar-refractivity contribution in [2.24, 2.45) is 5.10 Å². The second-order valence-corrected chi connectivity index (χ2v) is 6.80. The fraction of sp³-hybridized carbons (Fsp3) is 0.389. The number of carbonyl (C=O) groups excluding carboxylic acids is 2. The first kappa shape index (κ1) is 19.0. The standard InChI is InChI=1S/C18H20ClN5O3/c1-3-8-24(18(27)13-6-7-16(25)23(2)22-13)10-15-20-14-9-11(19)4-5-12(14)17(26)21-15/h4-5,9H,3,6-8,10H2,1-2H3,(H,20,21,26). The van der Waals surface area contributed by atoms with Crippen LogP contribution in [0.25, 0.3) is 10.9 Å². The summed E-state index contributed by atoms with van der Waals surface area (Å²) in [4.78, 5) is 45.5. The van der Waals surface area contributed by atoms with Crippen LogP contribution in [0.5, 0.6) is 0 Å². The van der Waals surface area contributed by atoms with Gasteiger partial charge in [-0.05, 0) is 24.6 Å². The van der Waals surface area contributed by atoms with Crippen LogP contribution in [0.1, 0.15) is 32.0 Å². The number of rotatable bonds is 5. The highest BCUT2D eigenvalue weighted by molar-refractivity contribution is 6.39. The number of hydrogen-bond acceptors (Lipinski definition) is 5. The van der Waals surface area contributed by atoms with Gasteiger partial charge in [-0.15, -0.1) is 0 Å². The van der Waals surface area contributed by atoms with E-state index in [-0.39, 0.29) is 30.3 Å². The van der Waals surface area contributed by atoms with Crippen molar-refractivity contribution in [2.45, 2.75) is 32.7 Å². The number of nitrogens with one attached hydrogen (secondary N) is 1. The van der Waals surface area contributed by atoms with Crippen molar-refractivity contribution in [3.05, 3.63) is 39.4 Å². The number of hydrogen-bond donors (Lipinski definition) is 1. The van der Waals surface area contributed by atoms with Crippen LogP contribution in [-0.4, -0.2) is 51.0 Å². The van der Waals surface area contributed by atoms with E-state index in [9.17, 15) is 14.4 Å². The van der Waals surface area contributed by atoms with Crippen molar-refractivity contribution < 1.29 is 9.59 Å². The number of carbonyl (C=O) groups is 2. The Bertz CT molecular complexity index is 985. The molecule has 0 saturated heterocycles. The highest BCUT2D eigenvalue weighted by atomic mass is 35.5. The number of H-pyrrole nitrogens is 1. The average molecular weight is 390 g/mol. The summed E-state index contributed by atoms with van der Waals surface area (Å²) in [6, 6.07) is 4.87. The Kier molecular flexibility index (Phi) is 5.55. The molecule has 1 N–H and O–H groups in total. The zero-order valence-corrected chi connectivity index (χ0v) is 15.9. The molecular formula is C18H20ClN5O3. The minimum Gasteiger partial charge on any atom is -0.330 e. The van der Waals surface area contributed by atoms with Gasteiger partial charge in [0.25, 0.3) is 11.5 Å². The summed E-state index contributed by atoms with van der Waals surface area (Å²) < 4.78 is 0. The normalized spacial score (nSPS) is 14.4. The topological polar surface area (TPSA) is 98.7 Å². The van der Waals surface area contributed by atoms with Crippen molar-refractivity contribution in [3.8, 4) is 0 Å². The maximum absolute atomic E-state index is 12.9. The molecule has 3 rings (SSSR count). The number of benzene rings is 1. The van der Waals surface area contributed by atoms with Crippen molar-refractivity contribution >= 4 is 40.0 Å². The van der Waals surface area contributed by atoms with E-state index in [2.05, 4.69) is 15.1 Å². The lowest BCUT2D eigenvalue weighted by Gasteiger charge is -2.25. The molecule has 1 aromatic heterocycles. The summed E-state index contributed by atoms with van der Waals surface area (Å²) >= 11 is 5.99. The monoisotopic (exact) mass is 389 g/mol. The van der Waals surface area contributed by atoms with Crippen molar-refractivity contribution in [1.82, 2.24) is 19.9 Å². The predicted octanol–water partition coefficient (Wildman–Crippen LogP) is 1.92. The first-order chi connectivity index (χ1) is 12.9. The number of aromatic nitrogens is 2. The third kappa shape index (κ3) is 4.16. The molecule has 8 nitrogen and oxygen atoms in total. The fourth-order valence-electron chi connectivity index (χ4n) is 2.95. The Labute approximate surface area is 160 Å². The Morgan fingerprint density at radius 1 is 1.33 bits per heavy atom. The molecule has 1 aliphatic rings. The number of aromatic amines is 1. The largest absolute Gasteiger partial charge is 0.330 e. The van der Waals surface area contributed by atoms with Gasteiger partial charge in [0, 0.05) is 31.5 Å². The van der Waals surface area contributed by atoms with Gasteiger partial charge in [-0.25, -0.2) is 9.99 Å².